The SMILES string of the molecule is Nc1nc(-c2cncs2)nc2c1CCC2. The predicted molar refractivity (Wildman–Crippen MR) is 59.6 cm³/mol. The van der Waals surface area contributed by atoms with Crippen LogP contribution in [0.5, 0.6) is 0 Å². The van der Waals surface area contributed by atoms with E-state index in [2.05, 4.69) is 15.0 Å². The highest BCUT2D eigenvalue weighted by Crippen LogP contribution is 2.28. The minimum Gasteiger partial charge on any atom is -0.383 e. The van der Waals surface area contributed by atoms with Crippen molar-refractivity contribution in [3.8, 4) is 10.7 Å². The summed E-state index contributed by atoms with van der Waals surface area (Å²) in [6.45, 7) is 0. The maximum Gasteiger partial charge on any atom is 0.173 e. The molecule has 2 aromatic rings. The molecule has 2 N–H and O–H groups in total. The monoisotopic (exact) mass is 218 g/mol. The standard InChI is InChI=1S/C10H10N4S/c11-9-6-2-1-3-7(6)13-10(14-9)8-4-12-5-15-8/h4-5H,1-3H2,(H2,11,13,14). The van der Waals surface area contributed by atoms with E-state index >= 15 is 0 Å². The Hall–Kier alpha value is -1.49. The number of thiazole rings is 1. The molecular weight excluding hydrogens is 208 g/mol. The van der Waals surface area contributed by atoms with E-state index in [0.29, 0.717) is 5.82 Å². The van der Waals surface area contributed by atoms with Gasteiger partial charge in [0, 0.05) is 17.5 Å². The molecule has 0 saturated carbocycles. The number of anilines is 1. The lowest BCUT2D eigenvalue weighted by molar-refractivity contribution is 0.900. The number of nitrogen functional groups attached to an aromatic ring is 1. The summed E-state index contributed by atoms with van der Waals surface area (Å²) in [5.74, 6) is 1.36. The van der Waals surface area contributed by atoms with Crippen LogP contribution in [-0.4, -0.2) is 15.0 Å². The molecule has 0 unspecified atom stereocenters. The molecule has 76 valence electrons. The van der Waals surface area contributed by atoms with Gasteiger partial charge in [0.15, 0.2) is 5.82 Å². The summed E-state index contributed by atoms with van der Waals surface area (Å²) in [5.41, 5.74) is 9.95. The number of aryl methyl sites for hydroxylation is 1. The van der Waals surface area contributed by atoms with Crippen LogP contribution in [0.2, 0.25) is 0 Å². The van der Waals surface area contributed by atoms with Crippen LogP contribution in [-0.2, 0) is 12.8 Å². The number of rotatable bonds is 1. The normalized spacial score (nSPS) is 14.1. The zero-order valence-corrected chi connectivity index (χ0v) is 8.92. The molecule has 0 fully saturated rings. The van der Waals surface area contributed by atoms with Crippen LogP contribution in [0, 0.1) is 0 Å². The fraction of sp³-hybridized carbons (Fsp3) is 0.300. The second-order valence-corrected chi connectivity index (χ2v) is 4.46. The Morgan fingerprint density at radius 1 is 1.27 bits per heavy atom. The van der Waals surface area contributed by atoms with E-state index in [9.17, 15) is 0 Å². The zero-order chi connectivity index (χ0) is 10.3. The summed E-state index contributed by atoms with van der Waals surface area (Å²) in [6.07, 6.45) is 4.96. The molecule has 1 aliphatic rings. The van der Waals surface area contributed by atoms with Crippen molar-refractivity contribution in [2.75, 3.05) is 5.73 Å². The Morgan fingerprint density at radius 3 is 3.00 bits per heavy atom. The van der Waals surface area contributed by atoms with E-state index < -0.39 is 0 Å². The van der Waals surface area contributed by atoms with Gasteiger partial charge in [-0.1, -0.05) is 0 Å². The van der Waals surface area contributed by atoms with Gasteiger partial charge in [-0.2, -0.15) is 0 Å². The first-order valence-electron chi connectivity index (χ1n) is 4.89. The fourth-order valence-electron chi connectivity index (χ4n) is 1.90. The maximum absolute atomic E-state index is 5.91. The number of nitrogens with zero attached hydrogens (tertiary/aromatic N) is 3. The van der Waals surface area contributed by atoms with Crippen molar-refractivity contribution >= 4 is 17.2 Å². The smallest absolute Gasteiger partial charge is 0.173 e. The van der Waals surface area contributed by atoms with Crippen LogP contribution in [0.4, 0.5) is 5.82 Å². The highest BCUT2D eigenvalue weighted by Gasteiger charge is 2.18. The lowest BCUT2D eigenvalue weighted by atomic mass is 10.2. The summed E-state index contributed by atoms with van der Waals surface area (Å²) in [6, 6.07) is 0. The minimum absolute atomic E-state index is 0.640. The number of hydrogen-bond donors (Lipinski definition) is 1. The predicted octanol–water partition coefficient (Wildman–Crippen LogP) is 1.67. The Kier molecular flexibility index (Phi) is 1.92. The van der Waals surface area contributed by atoms with Gasteiger partial charge in [0.1, 0.15) is 5.82 Å². The van der Waals surface area contributed by atoms with Gasteiger partial charge >= 0.3 is 0 Å². The van der Waals surface area contributed by atoms with Gasteiger partial charge in [0.2, 0.25) is 0 Å². The molecule has 0 bridgehead atoms. The molecule has 0 aliphatic heterocycles. The number of nitrogens with two attached hydrogens (primary N) is 1. The van der Waals surface area contributed by atoms with E-state index in [1.54, 1.807) is 11.7 Å². The number of fused-ring (bicyclic) bond motifs is 1. The number of hydrogen-bond acceptors (Lipinski definition) is 5. The summed E-state index contributed by atoms with van der Waals surface area (Å²) >= 11 is 1.54. The second-order valence-electron chi connectivity index (χ2n) is 3.58. The first kappa shape index (κ1) is 8.79. The maximum atomic E-state index is 5.91. The van der Waals surface area contributed by atoms with Gasteiger partial charge in [-0.3, -0.25) is 4.98 Å². The quantitative estimate of drug-likeness (QED) is 0.790. The van der Waals surface area contributed by atoms with E-state index in [1.165, 1.54) is 11.3 Å². The molecule has 0 saturated heterocycles. The van der Waals surface area contributed by atoms with Crippen molar-refractivity contribution in [3.63, 3.8) is 0 Å². The van der Waals surface area contributed by atoms with Crippen molar-refractivity contribution in [2.45, 2.75) is 19.3 Å². The average Bonchev–Trinajstić information content (AvgIpc) is 2.88. The van der Waals surface area contributed by atoms with Gasteiger partial charge in [-0.25, -0.2) is 9.97 Å². The Morgan fingerprint density at radius 2 is 2.20 bits per heavy atom. The molecule has 0 atom stereocenters. The Labute approximate surface area is 91.2 Å². The van der Waals surface area contributed by atoms with Crippen LogP contribution < -0.4 is 5.73 Å². The molecule has 2 heterocycles. The van der Waals surface area contributed by atoms with Gasteiger partial charge in [0.25, 0.3) is 0 Å². The van der Waals surface area contributed by atoms with E-state index in [-0.39, 0.29) is 0 Å². The lowest BCUT2D eigenvalue weighted by Crippen LogP contribution is -2.02. The van der Waals surface area contributed by atoms with Gasteiger partial charge in [-0.05, 0) is 19.3 Å². The highest BCUT2D eigenvalue weighted by atomic mass is 32.1. The van der Waals surface area contributed by atoms with E-state index in [1.807, 2.05) is 0 Å². The third kappa shape index (κ3) is 1.39. The summed E-state index contributed by atoms with van der Waals surface area (Å²) in [7, 11) is 0. The largest absolute Gasteiger partial charge is 0.383 e. The van der Waals surface area contributed by atoms with Gasteiger partial charge < -0.3 is 5.73 Å². The topological polar surface area (TPSA) is 64.7 Å². The fourth-order valence-corrected chi connectivity index (χ4v) is 2.45. The molecule has 3 rings (SSSR count). The van der Waals surface area contributed by atoms with Crippen LogP contribution in [0.1, 0.15) is 17.7 Å². The summed E-state index contributed by atoms with van der Waals surface area (Å²) in [4.78, 5) is 13.9. The van der Waals surface area contributed by atoms with Crippen molar-refractivity contribution < 1.29 is 0 Å². The van der Waals surface area contributed by atoms with Gasteiger partial charge in [0.05, 0.1) is 10.4 Å². The summed E-state index contributed by atoms with van der Waals surface area (Å²) in [5, 5.41) is 0. The number of aromatic nitrogens is 3. The Bertz CT molecular complexity index is 492. The van der Waals surface area contributed by atoms with E-state index in [4.69, 9.17) is 5.73 Å². The summed E-state index contributed by atoms with van der Waals surface area (Å²) < 4.78 is 0. The molecular formula is C10H10N4S. The van der Waals surface area contributed by atoms with E-state index in [0.717, 1.165) is 41.2 Å². The molecule has 1 aliphatic carbocycles. The Balaban J connectivity index is 2.15. The highest BCUT2D eigenvalue weighted by molar-refractivity contribution is 7.13. The molecule has 0 radical (unpaired) electrons. The minimum atomic E-state index is 0.640. The van der Waals surface area contributed by atoms with Crippen LogP contribution in [0.25, 0.3) is 10.7 Å². The molecule has 5 heteroatoms. The molecule has 0 amide bonds. The van der Waals surface area contributed by atoms with Crippen LogP contribution >= 0.6 is 11.3 Å². The molecule has 4 nitrogen and oxygen atoms in total. The molecule has 0 spiro atoms. The van der Waals surface area contributed by atoms with Crippen LogP contribution in [0.3, 0.4) is 0 Å². The lowest BCUT2D eigenvalue weighted by Gasteiger charge is -2.04. The average molecular weight is 218 g/mol. The van der Waals surface area contributed by atoms with Crippen molar-refractivity contribution in [1.82, 2.24) is 15.0 Å². The molecule has 15 heavy (non-hydrogen) atoms. The van der Waals surface area contributed by atoms with Gasteiger partial charge in [-0.15, -0.1) is 11.3 Å². The molecule has 2 aromatic heterocycles. The van der Waals surface area contributed by atoms with Crippen LogP contribution in [0.15, 0.2) is 11.7 Å². The third-order valence-corrected chi connectivity index (χ3v) is 3.39. The third-order valence-electron chi connectivity index (χ3n) is 2.62. The van der Waals surface area contributed by atoms with Crippen molar-refractivity contribution in [2.24, 2.45) is 0 Å². The zero-order valence-electron chi connectivity index (χ0n) is 8.10. The first-order valence-corrected chi connectivity index (χ1v) is 5.76. The second kappa shape index (κ2) is 3.27. The molecule has 0 aromatic carbocycles. The van der Waals surface area contributed by atoms with Crippen molar-refractivity contribution in [3.05, 3.63) is 23.0 Å². The van der Waals surface area contributed by atoms with Crippen molar-refractivity contribution in [1.29, 1.82) is 0 Å². The first-order chi connectivity index (χ1) is 7.34.